The normalized spacial score (nSPS) is 10.7. The Morgan fingerprint density at radius 2 is 2.43 bits per heavy atom. The Morgan fingerprint density at radius 1 is 1.64 bits per heavy atom. The highest BCUT2D eigenvalue weighted by Gasteiger charge is 2.11. The summed E-state index contributed by atoms with van der Waals surface area (Å²) in [6, 6.07) is 0. The van der Waals surface area contributed by atoms with Gasteiger partial charge >= 0.3 is 0 Å². The van der Waals surface area contributed by atoms with Gasteiger partial charge in [-0.2, -0.15) is 0 Å². The third kappa shape index (κ3) is 1.43. The number of carbonyl (C=O) groups is 1. The third-order valence-corrected chi connectivity index (χ3v) is 2.48. The average molecular weight is 254 g/mol. The number of alkyl halides is 1. The van der Waals surface area contributed by atoms with Crippen LogP contribution in [0.15, 0.2) is 12.4 Å². The van der Waals surface area contributed by atoms with Gasteiger partial charge in [0.1, 0.15) is 11.5 Å². The first-order valence-corrected chi connectivity index (χ1v) is 5.24. The molecule has 2 aromatic heterocycles. The van der Waals surface area contributed by atoms with Crippen LogP contribution in [0.3, 0.4) is 0 Å². The Kier molecular flexibility index (Phi) is 2.33. The summed E-state index contributed by atoms with van der Waals surface area (Å²) in [5.74, 6) is 0.723. The van der Waals surface area contributed by atoms with Crippen LogP contribution in [0.1, 0.15) is 16.2 Å². The van der Waals surface area contributed by atoms with Crippen molar-refractivity contribution in [3.63, 3.8) is 0 Å². The third-order valence-electron chi connectivity index (χ3n) is 1.97. The predicted octanol–water partition coefficient (Wildman–Crippen LogP) is 1.84. The number of H-pyrrole nitrogens is 1. The quantitative estimate of drug-likeness (QED) is 0.657. The second-order valence-electron chi connectivity index (χ2n) is 2.94. The summed E-state index contributed by atoms with van der Waals surface area (Å²) in [6.45, 7) is 1.81. The zero-order valence-corrected chi connectivity index (χ0v) is 9.13. The zero-order chi connectivity index (χ0) is 10.1. The van der Waals surface area contributed by atoms with Crippen LogP contribution >= 0.6 is 15.9 Å². The van der Waals surface area contributed by atoms with E-state index >= 15 is 0 Å². The Hall–Kier alpha value is -1.23. The molecule has 5 heteroatoms. The van der Waals surface area contributed by atoms with E-state index in [1.54, 1.807) is 12.4 Å². The minimum Gasteiger partial charge on any atom is -0.345 e. The second-order valence-corrected chi connectivity index (χ2v) is 3.50. The number of halogens is 1. The van der Waals surface area contributed by atoms with Gasteiger partial charge in [0.05, 0.1) is 5.33 Å². The van der Waals surface area contributed by atoms with E-state index in [1.165, 1.54) is 0 Å². The Bertz CT molecular complexity index is 492. The first kappa shape index (κ1) is 9.33. The molecule has 0 saturated heterocycles. The van der Waals surface area contributed by atoms with Crippen molar-refractivity contribution < 1.29 is 4.79 Å². The van der Waals surface area contributed by atoms with Crippen LogP contribution < -0.4 is 0 Å². The van der Waals surface area contributed by atoms with E-state index in [-0.39, 0.29) is 5.78 Å². The Balaban J connectivity index is 2.64. The first-order chi connectivity index (χ1) is 6.72. The molecule has 0 aliphatic rings. The fourth-order valence-electron chi connectivity index (χ4n) is 1.30. The number of nitrogens with zero attached hydrogens (tertiary/aromatic N) is 2. The molecule has 0 amide bonds. The molecule has 0 aromatic carbocycles. The van der Waals surface area contributed by atoms with Gasteiger partial charge in [0.15, 0.2) is 5.78 Å². The van der Waals surface area contributed by atoms with E-state index in [0.29, 0.717) is 22.4 Å². The van der Waals surface area contributed by atoms with Crippen molar-refractivity contribution in [2.24, 2.45) is 0 Å². The van der Waals surface area contributed by atoms with E-state index < -0.39 is 0 Å². The van der Waals surface area contributed by atoms with Gasteiger partial charge in [0.2, 0.25) is 0 Å². The van der Waals surface area contributed by atoms with Crippen molar-refractivity contribution in [3.8, 4) is 0 Å². The lowest BCUT2D eigenvalue weighted by molar-refractivity contribution is 0.102. The molecule has 0 fully saturated rings. The summed E-state index contributed by atoms with van der Waals surface area (Å²) in [6.07, 6.45) is 3.34. The number of fused-ring (bicyclic) bond motifs is 1. The number of rotatable bonds is 2. The number of aromatic amines is 1. The molecule has 72 valence electrons. The van der Waals surface area contributed by atoms with Crippen LogP contribution in [-0.4, -0.2) is 26.1 Å². The fourth-order valence-corrected chi connectivity index (χ4v) is 1.60. The van der Waals surface area contributed by atoms with Crippen molar-refractivity contribution >= 4 is 32.7 Å². The SMILES string of the molecule is Cc1ncc2c(C(=O)CBr)c[nH]c2n1. The first-order valence-electron chi connectivity index (χ1n) is 4.12. The van der Waals surface area contributed by atoms with E-state index in [0.717, 1.165) is 5.39 Å². The van der Waals surface area contributed by atoms with Gasteiger partial charge in [-0.25, -0.2) is 9.97 Å². The van der Waals surface area contributed by atoms with E-state index in [9.17, 15) is 4.79 Å². The van der Waals surface area contributed by atoms with Crippen LogP contribution in [0.5, 0.6) is 0 Å². The van der Waals surface area contributed by atoms with Crippen LogP contribution in [0.2, 0.25) is 0 Å². The standard InChI is InChI=1S/C9H8BrN3O/c1-5-11-4-7-6(8(14)2-10)3-12-9(7)13-5/h3-4H,2H2,1H3,(H,11,12,13). The molecule has 0 spiro atoms. The van der Waals surface area contributed by atoms with Crippen molar-refractivity contribution in [1.82, 2.24) is 15.0 Å². The molecule has 0 radical (unpaired) electrons. The molecule has 0 bridgehead atoms. The van der Waals surface area contributed by atoms with Gasteiger partial charge in [-0.15, -0.1) is 0 Å². The lowest BCUT2D eigenvalue weighted by atomic mass is 10.2. The van der Waals surface area contributed by atoms with Crippen molar-refractivity contribution in [1.29, 1.82) is 0 Å². The summed E-state index contributed by atoms with van der Waals surface area (Å²) in [4.78, 5) is 22.6. The molecule has 0 aliphatic carbocycles. The summed E-state index contributed by atoms with van der Waals surface area (Å²) in [5, 5.41) is 1.09. The number of aromatic nitrogens is 3. The monoisotopic (exact) mass is 253 g/mol. The molecule has 0 saturated carbocycles. The van der Waals surface area contributed by atoms with Crippen molar-refractivity contribution in [2.75, 3.05) is 5.33 Å². The molecule has 0 unspecified atom stereocenters. The highest BCUT2D eigenvalue weighted by Crippen LogP contribution is 2.16. The molecule has 2 rings (SSSR count). The maximum atomic E-state index is 11.5. The van der Waals surface area contributed by atoms with Gasteiger partial charge in [-0.3, -0.25) is 4.79 Å². The highest BCUT2D eigenvalue weighted by molar-refractivity contribution is 9.09. The topological polar surface area (TPSA) is 58.6 Å². The highest BCUT2D eigenvalue weighted by atomic mass is 79.9. The molecule has 0 atom stereocenters. The molecular weight excluding hydrogens is 246 g/mol. The molecule has 2 heterocycles. The van der Waals surface area contributed by atoms with Crippen LogP contribution in [0.25, 0.3) is 11.0 Å². The number of aryl methyl sites for hydroxylation is 1. The maximum Gasteiger partial charge on any atom is 0.175 e. The fraction of sp³-hybridized carbons (Fsp3) is 0.222. The molecular formula is C9H8BrN3O. The number of carbonyl (C=O) groups excluding carboxylic acids is 1. The van der Waals surface area contributed by atoms with Crippen LogP contribution in [0, 0.1) is 6.92 Å². The summed E-state index contributed by atoms with van der Waals surface area (Å²) in [7, 11) is 0. The Morgan fingerprint density at radius 3 is 3.14 bits per heavy atom. The predicted molar refractivity (Wildman–Crippen MR) is 56.8 cm³/mol. The maximum absolute atomic E-state index is 11.5. The smallest absolute Gasteiger partial charge is 0.175 e. The van der Waals surface area contributed by atoms with E-state index in [2.05, 4.69) is 30.9 Å². The summed E-state index contributed by atoms with van der Waals surface area (Å²) >= 11 is 3.13. The van der Waals surface area contributed by atoms with Gasteiger partial charge < -0.3 is 4.98 Å². The van der Waals surface area contributed by atoms with E-state index in [4.69, 9.17) is 0 Å². The molecule has 14 heavy (non-hydrogen) atoms. The average Bonchev–Trinajstić information content (AvgIpc) is 2.59. The molecule has 2 aromatic rings. The van der Waals surface area contributed by atoms with Crippen molar-refractivity contribution in [2.45, 2.75) is 6.92 Å². The summed E-state index contributed by atoms with van der Waals surface area (Å²) < 4.78 is 0. The number of ketones is 1. The lowest BCUT2D eigenvalue weighted by Crippen LogP contribution is -1.98. The largest absolute Gasteiger partial charge is 0.345 e. The van der Waals surface area contributed by atoms with Gasteiger partial charge in [0, 0.05) is 23.3 Å². The minimum absolute atomic E-state index is 0.0312. The van der Waals surface area contributed by atoms with Gasteiger partial charge in [-0.05, 0) is 6.92 Å². The molecule has 1 N–H and O–H groups in total. The number of nitrogens with one attached hydrogen (secondary N) is 1. The van der Waals surface area contributed by atoms with Crippen molar-refractivity contribution in [3.05, 3.63) is 23.8 Å². The van der Waals surface area contributed by atoms with Gasteiger partial charge in [0.25, 0.3) is 0 Å². The van der Waals surface area contributed by atoms with Crippen LogP contribution in [0.4, 0.5) is 0 Å². The zero-order valence-electron chi connectivity index (χ0n) is 7.54. The lowest BCUT2D eigenvalue weighted by Gasteiger charge is -1.94. The second kappa shape index (κ2) is 3.49. The molecule has 0 aliphatic heterocycles. The Labute approximate surface area is 88.9 Å². The number of Topliss-reactive ketones (excluding diaryl/α,β-unsaturated/α-hetero) is 1. The summed E-state index contributed by atoms with van der Waals surface area (Å²) in [5.41, 5.74) is 1.35. The number of hydrogen-bond donors (Lipinski definition) is 1. The minimum atomic E-state index is 0.0312. The van der Waals surface area contributed by atoms with Crippen LogP contribution in [-0.2, 0) is 0 Å². The number of hydrogen-bond acceptors (Lipinski definition) is 3. The van der Waals surface area contributed by atoms with Gasteiger partial charge in [-0.1, -0.05) is 15.9 Å². The molecule has 4 nitrogen and oxygen atoms in total. The van der Waals surface area contributed by atoms with E-state index in [1.807, 2.05) is 6.92 Å².